The molecule has 0 heterocycles. The second-order valence-electron chi connectivity index (χ2n) is 5.60. The predicted molar refractivity (Wildman–Crippen MR) is 72.1 cm³/mol. The van der Waals surface area contributed by atoms with Gasteiger partial charge >= 0.3 is 0 Å². The van der Waals surface area contributed by atoms with E-state index in [1.807, 2.05) is 0 Å². The van der Waals surface area contributed by atoms with Crippen molar-refractivity contribution in [2.75, 3.05) is 0 Å². The number of hydrogen-bond donors (Lipinski definition) is 1. The fourth-order valence-corrected chi connectivity index (χ4v) is 1.98. The molecule has 0 spiro atoms. The minimum atomic E-state index is -0.361. The lowest BCUT2D eigenvalue weighted by molar-refractivity contribution is -0.0265. The Bertz CT molecular complexity index is 423. The van der Waals surface area contributed by atoms with Crippen LogP contribution in [0.1, 0.15) is 39.5 Å². The van der Waals surface area contributed by atoms with Crippen LogP contribution in [0, 0.1) is 5.82 Å². The standard InChI is InChI=1S/C8H14O.C6H4BrFO/c1-7(3-4-7)9-8(2)5-6-8;7-5-3-4(8)1-2-6(5)9/h3-6H2,1-2H3;1-3,9H. The number of benzene rings is 1. The molecule has 0 aliphatic heterocycles. The van der Waals surface area contributed by atoms with Crippen molar-refractivity contribution in [3.8, 4) is 5.75 Å². The van der Waals surface area contributed by atoms with Gasteiger partial charge in [0.05, 0.1) is 15.7 Å². The maximum atomic E-state index is 12.2. The number of rotatable bonds is 2. The van der Waals surface area contributed by atoms with Crippen LogP contribution in [0.15, 0.2) is 22.7 Å². The van der Waals surface area contributed by atoms with E-state index in [9.17, 15) is 4.39 Å². The fraction of sp³-hybridized carbons (Fsp3) is 0.571. The second-order valence-corrected chi connectivity index (χ2v) is 6.45. The summed E-state index contributed by atoms with van der Waals surface area (Å²) in [5.41, 5.74) is 0.594. The van der Waals surface area contributed by atoms with Gasteiger partial charge in [0.15, 0.2) is 0 Å². The molecule has 2 saturated carbocycles. The maximum Gasteiger partial charge on any atom is 0.129 e. The van der Waals surface area contributed by atoms with Gasteiger partial charge in [0.25, 0.3) is 0 Å². The van der Waals surface area contributed by atoms with Gasteiger partial charge in [-0.25, -0.2) is 4.39 Å². The van der Waals surface area contributed by atoms with Crippen LogP contribution in [0.2, 0.25) is 0 Å². The first-order chi connectivity index (χ1) is 8.32. The number of halogens is 2. The molecule has 100 valence electrons. The van der Waals surface area contributed by atoms with Gasteiger partial charge in [-0.15, -0.1) is 0 Å². The van der Waals surface area contributed by atoms with Crippen molar-refractivity contribution < 1.29 is 14.2 Å². The highest BCUT2D eigenvalue weighted by molar-refractivity contribution is 9.10. The van der Waals surface area contributed by atoms with E-state index < -0.39 is 0 Å². The lowest BCUT2D eigenvalue weighted by Gasteiger charge is -2.16. The van der Waals surface area contributed by atoms with E-state index in [-0.39, 0.29) is 11.6 Å². The predicted octanol–water partition coefficient (Wildman–Crippen LogP) is 4.40. The van der Waals surface area contributed by atoms with Gasteiger partial charge in [-0.05, 0) is 73.7 Å². The van der Waals surface area contributed by atoms with Crippen molar-refractivity contribution in [2.24, 2.45) is 0 Å². The van der Waals surface area contributed by atoms with E-state index in [2.05, 4.69) is 29.8 Å². The Morgan fingerprint density at radius 1 is 1.17 bits per heavy atom. The van der Waals surface area contributed by atoms with Crippen molar-refractivity contribution in [3.63, 3.8) is 0 Å². The van der Waals surface area contributed by atoms with Crippen molar-refractivity contribution in [1.82, 2.24) is 0 Å². The van der Waals surface area contributed by atoms with E-state index in [1.165, 1.54) is 43.9 Å². The molecule has 0 aromatic heterocycles. The average Bonchev–Trinajstić information content (AvgIpc) is 3.17. The summed E-state index contributed by atoms with van der Waals surface area (Å²) in [7, 11) is 0. The first-order valence-corrected chi connectivity index (χ1v) is 6.96. The first-order valence-electron chi connectivity index (χ1n) is 6.16. The largest absolute Gasteiger partial charge is 0.507 e. The zero-order valence-corrected chi connectivity index (χ0v) is 12.3. The van der Waals surface area contributed by atoms with Crippen LogP contribution >= 0.6 is 15.9 Å². The van der Waals surface area contributed by atoms with Gasteiger partial charge in [0, 0.05) is 0 Å². The smallest absolute Gasteiger partial charge is 0.129 e. The zero-order valence-electron chi connectivity index (χ0n) is 10.7. The monoisotopic (exact) mass is 316 g/mol. The number of aromatic hydroxyl groups is 1. The first kappa shape index (κ1) is 13.8. The Balaban J connectivity index is 0.000000134. The molecule has 0 saturated heterocycles. The molecule has 0 atom stereocenters. The van der Waals surface area contributed by atoms with E-state index in [0.29, 0.717) is 15.7 Å². The van der Waals surface area contributed by atoms with E-state index >= 15 is 0 Å². The molecule has 0 radical (unpaired) electrons. The minimum Gasteiger partial charge on any atom is -0.507 e. The Hall–Kier alpha value is -0.610. The normalized spacial score (nSPS) is 21.8. The van der Waals surface area contributed by atoms with Crippen LogP contribution < -0.4 is 0 Å². The molecule has 2 aliphatic rings. The van der Waals surface area contributed by atoms with E-state index in [0.717, 1.165) is 0 Å². The number of phenols is 1. The van der Waals surface area contributed by atoms with Crippen LogP contribution in [0.25, 0.3) is 0 Å². The van der Waals surface area contributed by atoms with Gasteiger partial charge in [-0.1, -0.05) is 0 Å². The second kappa shape index (κ2) is 4.82. The van der Waals surface area contributed by atoms with Crippen molar-refractivity contribution in [3.05, 3.63) is 28.5 Å². The molecule has 1 aromatic carbocycles. The van der Waals surface area contributed by atoms with Crippen LogP contribution in [0.3, 0.4) is 0 Å². The molecule has 0 bridgehead atoms. The molecule has 18 heavy (non-hydrogen) atoms. The van der Waals surface area contributed by atoms with E-state index in [4.69, 9.17) is 9.84 Å². The lowest BCUT2D eigenvalue weighted by atomic mass is 10.3. The molecular formula is C14H18BrFO2. The quantitative estimate of drug-likeness (QED) is 0.876. The number of phenolic OH excluding ortho intramolecular Hbond substituents is 1. The van der Waals surface area contributed by atoms with Crippen molar-refractivity contribution in [2.45, 2.75) is 50.7 Å². The third kappa shape index (κ3) is 3.95. The molecule has 0 amide bonds. The van der Waals surface area contributed by atoms with Gasteiger partial charge in [0.2, 0.25) is 0 Å². The molecule has 3 rings (SSSR count). The summed E-state index contributed by atoms with van der Waals surface area (Å²) in [6, 6.07) is 3.69. The third-order valence-corrected chi connectivity index (χ3v) is 3.95. The highest BCUT2D eigenvalue weighted by Crippen LogP contribution is 2.49. The fourth-order valence-electron chi connectivity index (χ4n) is 1.63. The van der Waals surface area contributed by atoms with Crippen LogP contribution in [0.4, 0.5) is 4.39 Å². The summed E-state index contributed by atoms with van der Waals surface area (Å²) < 4.78 is 18.4. The summed E-state index contributed by atoms with van der Waals surface area (Å²) in [4.78, 5) is 0. The minimum absolute atomic E-state index is 0.0522. The summed E-state index contributed by atoms with van der Waals surface area (Å²) in [6.45, 7) is 4.44. The Morgan fingerprint density at radius 3 is 2.00 bits per heavy atom. The van der Waals surface area contributed by atoms with Crippen LogP contribution in [-0.2, 0) is 4.74 Å². The highest BCUT2D eigenvalue weighted by Gasteiger charge is 2.49. The van der Waals surface area contributed by atoms with Gasteiger partial charge in [-0.3, -0.25) is 0 Å². The molecule has 1 aromatic rings. The number of hydrogen-bond acceptors (Lipinski definition) is 2. The van der Waals surface area contributed by atoms with Gasteiger partial charge in [0.1, 0.15) is 11.6 Å². The van der Waals surface area contributed by atoms with Crippen molar-refractivity contribution in [1.29, 1.82) is 0 Å². The molecule has 2 fully saturated rings. The Kier molecular flexibility index (Phi) is 3.70. The summed E-state index contributed by atoms with van der Waals surface area (Å²) >= 11 is 2.96. The molecule has 1 N–H and O–H groups in total. The summed E-state index contributed by atoms with van der Waals surface area (Å²) in [5.74, 6) is -0.309. The molecule has 2 aliphatic carbocycles. The summed E-state index contributed by atoms with van der Waals surface area (Å²) in [6.07, 6.45) is 5.12. The van der Waals surface area contributed by atoms with Gasteiger partial charge in [-0.2, -0.15) is 0 Å². The van der Waals surface area contributed by atoms with E-state index in [1.54, 1.807) is 0 Å². The molecular weight excluding hydrogens is 299 g/mol. The van der Waals surface area contributed by atoms with Gasteiger partial charge < -0.3 is 9.84 Å². The molecule has 4 heteroatoms. The SMILES string of the molecule is CC1(OC2(C)CC2)CC1.Oc1ccc(F)cc1Br. The van der Waals surface area contributed by atoms with Crippen LogP contribution in [-0.4, -0.2) is 16.3 Å². The third-order valence-electron chi connectivity index (χ3n) is 3.31. The maximum absolute atomic E-state index is 12.2. The topological polar surface area (TPSA) is 29.5 Å². The summed E-state index contributed by atoms with van der Waals surface area (Å²) in [5, 5.41) is 8.83. The molecule has 2 nitrogen and oxygen atoms in total. The Labute approximate surface area is 115 Å². The van der Waals surface area contributed by atoms with Crippen LogP contribution in [0.5, 0.6) is 5.75 Å². The average molecular weight is 317 g/mol. The van der Waals surface area contributed by atoms with Crippen molar-refractivity contribution >= 4 is 15.9 Å². The Morgan fingerprint density at radius 2 is 1.67 bits per heavy atom. The highest BCUT2D eigenvalue weighted by atomic mass is 79.9. The number of ether oxygens (including phenoxy) is 1. The zero-order chi connectivity index (χ0) is 13.4. The lowest BCUT2D eigenvalue weighted by Crippen LogP contribution is -2.18. The molecule has 0 unspecified atom stereocenters.